The fourth-order valence-electron chi connectivity index (χ4n) is 22.4. The van der Waals surface area contributed by atoms with Crippen LogP contribution in [-0.4, -0.2) is 193 Å². The van der Waals surface area contributed by atoms with Gasteiger partial charge in [0.1, 0.15) is 37.0 Å². The molecule has 6 atom stereocenters. The average Bonchev–Trinajstić information content (AvgIpc) is 0.779. The number of benzene rings is 6. The van der Waals surface area contributed by atoms with Crippen LogP contribution in [-0.2, 0) is 14.4 Å². The number of H-pyrrole nitrogens is 3. The molecule has 0 spiro atoms. The summed E-state index contributed by atoms with van der Waals surface area (Å²) in [4.78, 5) is 169. The van der Waals surface area contributed by atoms with Crippen molar-refractivity contribution in [1.29, 1.82) is 0 Å². The van der Waals surface area contributed by atoms with E-state index in [9.17, 15) is 38.4 Å². The number of nitrogens with zero attached hydrogens (tertiary/aromatic N) is 16. The molecule has 4 N–H and O–H groups in total. The topological polar surface area (TPSA) is 376 Å². The molecule has 21 rings (SSSR count). The van der Waals surface area contributed by atoms with E-state index in [4.69, 9.17) is 52.8 Å². The highest BCUT2D eigenvalue weighted by Crippen LogP contribution is 2.54. The SMILES string of the molecule is C=CC(=O)N1CC2CN(C)c3c(c4cc(Cl)c(-c5c(C)ccc6[nH]c(=O)oc56)c(F)c4n(-c4c(C(C)C)ncnc4C(C)C)c3=O)N2CC1C.C=CC(=O)N1CC2CNc3c(c4cc(Cl)c(-c5c(C)ccc6[nH]c(=O)oc56)c(F)c4n(-c4c(C(C)C)ncnc4C(C)C)c3=O)N2CC1C.C=CC(=O)N1CC2COc3c(c4cc(Cl)c(-c5c(C)ccc6[nH]c(=O)oc56)c(F)c4n(-c4c(C(C)C)ncnc4C(C)C)c3=O)N2CC1C. The first-order valence-corrected chi connectivity index (χ1v) is 50.5. The van der Waals surface area contributed by atoms with Gasteiger partial charge in [-0.25, -0.2) is 57.5 Å². The zero-order valence-electron chi connectivity index (χ0n) is 85.3. The third-order valence-corrected chi connectivity index (χ3v) is 30.1. The number of oxazole rings is 3. The zero-order valence-corrected chi connectivity index (χ0v) is 87.6. The number of hydrogen-bond acceptors (Lipinski definition) is 24. The lowest BCUT2D eigenvalue weighted by Gasteiger charge is -2.51. The van der Waals surface area contributed by atoms with E-state index in [1.165, 1.54) is 50.9 Å². The molecule has 3 amide bonds. The number of likely N-dealkylation sites (N-methyl/N-ethyl adjacent to an activating group) is 1. The molecule has 15 aromatic rings. The minimum Gasteiger partial charge on any atom is -0.484 e. The maximum Gasteiger partial charge on any atom is 0.417 e. The van der Waals surface area contributed by atoms with E-state index >= 15 is 18.0 Å². The number of carbonyl (C=O) groups is 3. The number of fused-ring (bicyclic) bond motifs is 18. The molecule has 9 aromatic heterocycles. The molecule has 15 heterocycles. The van der Waals surface area contributed by atoms with Gasteiger partial charge in [0.25, 0.3) is 16.7 Å². The fraction of sp³-hybridized carbons (Fsp3) is 0.367. The van der Waals surface area contributed by atoms with Crippen molar-refractivity contribution in [2.45, 2.75) is 196 Å². The van der Waals surface area contributed by atoms with Crippen molar-refractivity contribution in [3.8, 4) is 56.2 Å². The smallest absolute Gasteiger partial charge is 0.417 e. The number of nitrogens with one attached hydrogen (secondary N) is 4. The number of carbonyl (C=O) groups excluding carboxylic acids is 3. The maximum atomic E-state index is 18.0. The second kappa shape index (κ2) is 38.7. The molecular weight excluding hydrogens is 1960 g/mol. The molecule has 0 aliphatic carbocycles. The second-order valence-electron chi connectivity index (χ2n) is 40.8. The Bertz CT molecular complexity index is 8160. The predicted molar refractivity (Wildman–Crippen MR) is 571 cm³/mol. The van der Waals surface area contributed by atoms with E-state index in [2.05, 4.69) is 79.7 Å². The number of anilines is 5. The normalized spacial score (nSPS) is 17.5. The van der Waals surface area contributed by atoms with E-state index in [1.54, 1.807) is 90.1 Å². The van der Waals surface area contributed by atoms with Gasteiger partial charge in [0.2, 0.25) is 23.5 Å². The van der Waals surface area contributed by atoms with Crippen LogP contribution in [0.15, 0.2) is 154 Å². The third kappa shape index (κ3) is 16.6. The van der Waals surface area contributed by atoms with Crippen LogP contribution in [0.2, 0.25) is 15.1 Å². The summed E-state index contributed by atoms with van der Waals surface area (Å²) in [5.74, 6) is -5.72. The quantitative estimate of drug-likeness (QED) is 0.0693. The standard InChI is InChI=1S/C37H39ClFN7O4.C36H37ClFN7O4.C36H36ClFN6O5/c1-9-25(47)44-15-21-14-43(8)34-32(45(21)13-20(44)7)22-12-23(38)27(26-19(6)10-11-24-35(26)50-37(49)42-24)28(39)31(22)46(36(34)48)33-29(17(2)3)40-16-41-30(33)18(4)5;1-8-24(46)43-14-20-12-39-30-32(44(20)13-19(43)7)21-11-22(37)26(25-18(6)9-10-23-34(25)49-36(48)42-23)27(38)31(21)45(35(30)47)33-28(16(2)3)40-15-41-29(33)17(4)5;1-8-24(45)42-13-20-14-48-34-31(43(20)12-19(42)7)21-11-22(37)26(25-18(6)9-10-23-33(25)49-36(47)41-23)27(38)30(21)44(35(34)46)32-28(16(2)3)39-15-40-29(32)17(4)5/h9-12,16-18,20-21H,1,13-15H2,2-8H3,(H,42,49);8-11,15-17,19-20,39H,1,12-14H2,2-7H3,(H,42,48);8-11,15-17,19-20H,1,12-14H2,2-7H3,(H,41,47). The van der Waals surface area contributed by atoms with Crippen LogP contribution in [0.1, 0.15) is 190 Å². The van der Waals surface area contributed by atoms with Gasteiger partial charge in [-0.05, 0) is 148 Å². The number of halogens is 6. The molecule has 0 bridgehead atoms. The van der Waals surface area contributed by atoms with Crippen molar-refractivity contribution in [2.75, 3.05) is 90.9 Å². The molecular formula is C109H112Cl3F3N20O13. The number of ether oxygens (including phenoxy) is 1. The minimum atomic E-state index is -0.786. The number of amides is 3. The largest absolute Gasteiger partial charge is 0.484 e. The third-order valence-electron chi connectivity index (χ3n) is 29.2. The van der Waals surface area contributed by atoms with Gasteiger partial charge in [-0.3, -0.25) is 57.4 Å². The number of piperazine rings is 3. The van der Waals surface area contributed by atoms with Crippen LogP contribution < -0.4 is 63.6 Å². The summed E-state index contributed by atoms with van der Waals surface area (Å²) in [6.07, 6.45) is 8.32. The van der Waals surface area contributed by atoms with Crippen LogP contribution in [0.25, 0.3) is 116 Å². The highest BCUT2D eigenvalue weighted by atomic mass is 35.5. The fourth-order valence-corrected chi connectivity index (χ4v) is 23.2. The summed E-state index contributed by atoms with van der Waals surface area (Å²) in [5.41, 5.74) is 9.67. The Morgan fingerprint density at radius 3 is 1.06 bits per heavy atom. The molecule has 39 heteroatoms. The Labute approximate surface area is 861 Å². The summed E-state index contributed by atoms with van der Waals surface area (Å²) >= 11 is 21.2. The Kier molecular flexibility index (Phi) is 26.6. The highest BCUT2D eigenvalue weighted by Gasteiger charge is 2.48. The van der Waals surface area contributed by atoms with Crippen molar-refractivity contribution < 1.29 is 45.5 Å². The van der Waals surface area contributed by atoms with Crippen molar-refractivity contribution in [2.24, 2.45) is 0 Å². The molecule has 768 valence electrons. The van der Waals surface area contributed by atoms with Gasteiger partial charge < -0.3 is 57.6 Å². The Hall–Kier alpha value is -14.9. The van der Waals surface area contributed by atoms with Crippen LogP contribution >= 0.6 is 34.8 Å². The second-order valence-corrected chi connectivity index (χ2v) is 42.0. The lowest BCUT2D eigenvalue weighted by Crippen LogP contribution is -2.64. The Balaban J connectivity index is 0.000000140. The molecule has 3 fully saturated rings. The van der Waals surface area contributed by atoms with E-state index in [-0.39, 0.29) is 172 Å². The van der Waals surface area contributed by atoms with E-state index < -0.39 is 51.4 Å². The molecule has 0 radical (unpaired) electrons. The van der Waals surface area contributed by atoms with Crippen molar-refractivity contribution >= 4 is 147 Å². The predicted octanol–water partition coefficient (Wildman–Crippen LogP) is 18.7. The number of aromatic amines is 3. The van der Waals surface area contributed by atoms with Gasteiger partial charge in [-0.2, -0.15) is 0 Å². The summed E-state index contributed by atoms with van der Waals surface area (Å²) < 4.78 is 80.8. The van der Waals surface area contributed by atoms with Gasteiger partial charge in [-0.1, -0.05) is 156 Å². The summed E-state index contributed by atoms with van der Waals surface area (Å²) in [5, 5.41) is 4.72. The number of pyridine rings is 3. The molecule has 6 aliphatic heterocycles. The molecule has 6 unspecified atom stereocenters. The van der Waals surface area contributed by atoms with Crippen LogP contribution in [0, 0.1) is 38.2 Å². The van der Waals surface area contributed by atoms with E-state index in [0.717, 1.165) is 0 Å². The summed E-state index contributed by atoms with van der Waals surface area (Å²) in [6, 6.07) is 13.9. The molecule has 0 saturated carbocycles. The van der Waals surface area contributed by atoms with Gasteiger partial charge in [0.05, 0.1) is 135 Å². The van der Waals surface area contributed by atoms with Crippen LogP contribution in [0.4, 0.5) is 41.6 Å². The van der Waals surface area contributed by atoms with Crippen LogP contribution in [0.3, 0.4) is 0 Å². The highest BCUT2D eigenvalue weighted by molar-refractivity contribution is 6.36. The lowest BCUT2D eigenvalue weighted by atomic mass is 9.94. The van der Waals surface area contributed by atoms with Gasteiger partial charge in [0.15, 0.2) is 34.2 Å². The van der Waals surface area contributed by atoms with E-state index in [0.29, 0.717) is 193 Å². The zero-order chi connectivity index (χ0) is 106. The van der Waals surface area contributed by atoms with Crippen molar-refractivity contribution in [3.63, 3.8) is 0 Å². The first-order chi connectivity index (χ1) is 70.4. The van der Waals surface area contributed by atoms with Crippen LogP contribution in [0.5, 0.6) is 5.75 Å². The maximum absolute atomic E-state index is 18.0. The van der Waals surface area contributed by atoms with Gasteiger partial charge in [0, 0.05) is 127 Å². The minimum absolute atomic E-state index is 0.00245. The number of aromatic nitrogens is 12. The van der Waals surface area contributed by atoms with Gasteiger partial charge >= 0.3 is 17.3 Å². The monoisotopic (exact) mass is 2070 g/mol. The number of rotatable bonds is 15. The molecule has 6 aromatic carbocycles. The Morgan fingerprint density at radius 1 is 0.399 bits per heavy atom. The molecule has 3 saturated heterocycles. The van der Waals surface area contributed by atoms with Crippen molar-refractivity contribution in [1.82, 2.24) is 73.3 Å². The lowest BCUT2D eigenvalue weighted by molar-refractivity contribution is -0.129. The van der Waals surface area contributed by atoms with Crippen molar-refractivity contribution in [3.05, 3.63) is 258 Å². The number of aryl methyl sites for hydroxylation is 3. The summed E-state index contributed by atoms with van der Waals surface area (Å²) in [7, 11) is 1.84. The molecule has 33 nitrogen and oxygen atoms in total. The molecule has 6 aliphatic rings. The van der Waals surface area contributed by atoms with E-state index in [1.807, 2.05) is 121 Å². The molecule has 148 heavy (non-hydrogen) atoms. The first-order valence-electron chi connectivity index (χ1n) is 49.3. The summed E-state index contributed by atoms with van der Waals surface area (Å²) in [6.45, 7) is 48.9. The average molecular weight is 2070 g/mol. The van der Waals surface area contributed by atoms with Gasteiger partial charge in [-0.15, -0.1) is 0 Å². The Morgan fingerprint density at radius 2 is 0.709 bits per heavy atom. The first kappa shape index (κ1) is 102. The number of hydrogen-bond donors (Lipinski definition) is 4.